The third-order valence-corrected chi connectivity index (χ3v) is 8.37. The lowest BCUT2D eigenvalue weighted by Gasteiger charge is -2.11. The molecule has 0 aliphatic rings. The van der Waals surface area contributed by atoms with E-state index in [4.69, 9.17) is 19.4 Å². The molecule has 0 amide bonds. The fraction of sp³-hybridized carbons (Fsp3) is 0. The van der Waals surface area contributed by atoms with Crippen LogP contribution >= 0.6 is 0 Å². The molecule has 0 bridgehead atoms. The summed E-state index contributed by atoms with van der Waals surface area (Å²) in [4.78, 5) is 19.4. The molecule has 0 spiro atoms. The van der Waals surface area contributed by atoms with E-state index in [9.17, 15) is 0 Å². The lowest BCUT2D eigenvalue weighted by atomic mass is 9.96. The van der Waals surface area contributed by atoms with Crippen LogP contribution < -0.4 is 0 Å². The van der Waals surface area contributed by atoms with Gasteiger partial charge in [0.25, 0.3) is 0 Å². The zero-order valence-corrected chi connectivity index (χ0v) is 24.1. The number of benzene rings is 6. The molecule has 5 heteroatoms. The summed E-state index contributed by atoms with van der Waals surface area (Å²) < 4.78 is 6.25. The highest BCUT2D eigenvalue weighted by molar-refractivity contribution is 6.15. The summed E-state index contributed by atoms with van der Waals surface area (Å²) in [5.74, 6) is 1.93. The molecule has 0 saturated carbocycles. The van der Waals surface area contributed by atoms with Gasteiger partial charge in [-0.05, 0) is 56.9 Å². The maximum atomic E-state index is 6.25. The molecular weight excluding hydrogens is 552 g/mol. The average Bonchev–Trinajstić information content (AvgIpc) is 3.48. The summed E-state index contributed by atoms with van der Waals surface area (Å²) in [5.41, 5.74) is 6.50. The monoisotopic (exact) mass is 576 g/mol. The summed E-state index contributed by atoms with van der Waals surface area (Å²) in [5, 5.41) is 6.56. The number of pyridine rings is 1. The second kappa shape index (κ2) is 10.2. The number of hydrogen-bond acceptors (Lipinski definition) is 5. The first-order valence-electron chi connectivity index (χ1n) is 14.9. The molecule has 3 aromatic heterocycles. The van der Waals surface area contributed by atoms with Gasteiger partial charge >= 0.3 is 0 Å². The van der Waals surface area contributed by atoms with Crippen LogP contribution in [0.1, 0.15) is 0 Å². The van der Waals surface area contributed by atoms with Gasteiger partial charge in [-0.15, -0.1) is 0 Å². The van der Waals surface area contributed by atoms with Crippen molar-refractivity contribution in [1.82, 2.24) is 19.9 Å². The van der Waals surface area contributed by atoms with Crippen molar-refractivity contribution in [2.45, 2.75) is 0 Å². The fourth-order valence-electron chi connectivity index (χ4n) is 6.20. The Morgan fingerprint density at radius 2 is 1.07 bits per heavy atom. The SMILES string of the molecule is c1ccc(-c2nc(-c3ccccc3)nc(-c3cccc4cc(-c5ccnc6oc7cc8ccccc8cc7c56)ccc34)n2)cc1. The van der Waals surface area contributed by atoms with Crippen molar-refractivity contribution in [3.8, 4) is 45.3 Å². The third kappa shape index (κ3) is 4.33. The van der Waals surface area contributed by atoms with Crippen molar-refractivity contribution in [3.05, 3.63) is 146 Å². The van der Waals surface area contributed by atoms with E-state index >= 15 is 0 Å². The smallest absolute Gasteiger partial charge is 0.227 e. The molecule has 0 aliphatic heterocycles. The maximum Gasteiger partial charge on any atom is 0.227 e. The number of rotatable bonds is 4. The van der Waals surface area contributed by atoms with Crippen LogP contribution in [0.25, 0.3) is 88.9 Å². The summed E-state index contributed by atoms with van der Waals surface area (Å²) in [6.07, 6.45) is 1.82. The van der Waals surface area contributed by atoms with Gasteiger partial charge in [0.1, 0.15) is 5.58 Å². The lowest BCUT2D eigenvalue weighted by Crippen LogP contribution is -2.00. The van der Waals surface area contributed by atoms with Gasteiger partial charge in [0.2, 0.25) is 5.71 Å². The highest BCUT2D eigenvalue weighted by Crippen LogP contribution is 2.39. The minimum absolute atomic E-state index is 0.638. The van der Waals surface area contributed by atoms with E-state index in [-0.39, 0.29) is 0 Å². The van der Waals surface area contributed by atoms with Crippen molar-refractivity contribution in [1.29, 1.82) is 0 Å². The van der Waals surface area contributed by atoms with Crippen molar-refractivity contribution in [2.24, 2.45) is 0 Å². The molecule has 0 atom stereocenters. The Balaban J connectivity index is 1.22. The first kappa shape index (κ1) is 25.3. The molecule has 0 fully saturated rings. The van der Waals surface area contributed by atoms with Crippen LogP contribution in [0.5, 0.6) is 0 Å². The summed E-state index contributed by atoms with van der Waals surface area (Å²) in [6.45, 7) is 0. The van der Waals surface area contributed by atoms with Gasteiger partial charge in [-0.25, -0.2) is 19.9 Å². The van der Waals surface area contributed by atoms with Gasteiger partial charge in [0.15, 0.2) is 17.5 Å². The molecule has 45 heavy (non-hydrogen) atoms. The highest BCUT2D eigenvalue weighted by atomic mass is 16.3. The van der Waals surface area contributed by atoms with Crippen LogP contribution in [0, 0.1) is 0 Å². The minimum Gasteiger partial charge on any atom is -0.438 e. The van der Waals surface area contributed by atoms with E-state index in [1.54, 1.807) is 0 Å². The van der Waals surface area contributed by atoms with Gasteiger partial charge in [0, 0.05) is 28.3 Å². The molecule has 0 radical (unpaired) electrons. The predicted molar refractivity (Wildman–Crippen MR) is 182 cm³/mol. The summed E-state index contributed by atoms with van der Waals surface area (Å²) in [6, 6.07) is 47.7. The van der Waals surface area contributed by atoms with E-state index < -0.39 is 0 Å². The predicted octanol–water partition coefficient (Wildman–Crippen LogP) is 10.1. The van der Waals surface area contributed by atoms with E-state index in [0.717, 1.165) is 60.3 Å². The lowest BCUT2D eigenvalue weighted by molar-refractivity contribution is 0.654. The van der Waals surface area contributed by atoms with E-state index in [1.165, 1.54) is 5.39 Å². The van der Waals surface area contributed by atoms with Crippen LogP contribution in [0.4, 0.5) is 0 Å². The molecular formula is C40H24N4O. The van der Waals surface area contributed by atoms with Crippen LogP contribution in [-0.4, -0.2) is 19.9 Å². The third-order valence-electron chi connectivity index (χ3n) is 8.37. The van der Waals surface area contributed by atoms with Crippen molar-refractivity contribution in [2.75, 3.05) is 0 Å². The van der Waals surface area contributed by atoms with E-state index in [0.29, 0.717) is 23.2 Å². The number of fused-ring (bicyclic) bond motifs is 5. The quantitative estimate of drug-likeness (QED) is 0.209. The normalized spacial score (nSPS) is 11.6. The molecule has 0 aliphatic carbocycles. The van der Waals surface area contributed by atoms with Crippen LogP contribution in [0.3, 0.4) is 0 Å². The molecule has 0 unspecified atom stereocenters. The average molecular weight is 577 g/mol. The fourth-order valence-corrected chi connectivity index (χ4v) is 6.20. The number of aromatic nitrogens is 4. The summed E-state index contributed by atoms with van der Waals surface area (Å²) >= 11 is 0. The van der Waals surface area contributed by atoms with Gasteiger partial charge in [-0.2, -0.15) is 0 Å². The molecule has 3 heterocycles. The zero-order chi connectivity index (χ0) is 29.7. The number of furan rings is 1. The maximum absolute atomic E-state index is 6.25. The van der Waals surface area contributed by atoms with Crippen LogP contribution in [0.15, 0.2) is 150 Å². The molecule has 9 rings (SSSR count). The van der Waals surface area contributed by atoms with Gasteiger partial charge < -0.3 is 4.42 Å². The van der Waals surface area contributed by atoms with Crippen molar-refractivity contribution in [3.63, 3.8) is 0 Å². The van der Waals surface area contributed by atoms with Gasteiger partial charge in [0.05, 0.1) is 5.39 Å². The standard InChI is InChI=1S/C40H24N4O/c1-3-10-25(11-4-1)37-42-38(26-12-5-2-6-13-26)44-39(43-37)33-17-9-16-29-22-30(18-19-31(29)33)32-20-21-41-40-36(32)34-23-27-14-7-8-15-28(27)24-35(34)45-40/h1-24H. The number of nitrogens with zero attached hydrogens (tertiary/aromatic N) is 4. The van der Waals surface area contributed by atoms with Crippen LogP contribution in [0.2, 0.25) is 0 Å². The number of hydrogen-bond donors (Lipinski definition) is 0. The molecule has 5 nitrogen and oxygen atoms in total. The van der Waals surface area contributed by atoms with Gasteiger partial charge in [-0.3, -0.25) is 0 Å². The second-order valence-corrected chi connectivity index (χ2v) is 11.1. The molecule has 210 valence electrons. The largest absolute Gasteiger partial charge is 0.438 e. The molecule has 0 saturated heterocycles. The highest BCUT2D eigenvalue weighted by Gasteiger charge is 2.17. The Bertz CT molecular complexity index is 2480. The zero-order valence-electron chi connectivity index (χ0n) is 24.1. The molecule has 9 aromatic rings. The first-order chi connectivity index (χ1) is 22.3. The Morgan fingerprint density at radius 1 is 0.422 bits per heavy atom. The molecule has 6 aromatic carbocycles. The molecule has 0 N–H and O–H groups in total. The van der Waals surface area contributed by atoms with Crippen LogP contribution in [-0.2, 0) is 0 Å². The summed E-state index contributed by atoms with van der Waals surface area (Å²) in [7, 11) is 0. The first-order valence-corrected chi connectivity index (χ1v) is 14.9. The Kier molecular flexibility index (Phi) is 5.74. The second-order valence-electron chi connectivity index (χ2n) is 11.1. The van der Waals surface area contributed by atoms with Crippen molar-refractivity contribution >= 4 is 43.6 Å². The van der Waals surface area contributed by atoms with Gasteiger partial charge in [-0.1, -0.05) is 115 Å². The van der Waals surface area contributed by atoms with E-state index in [2.05, 4.69) is 77.8 Å². The topological polar surface area (TPSA) is 64.7 Å². The van der Waals surface area contributed by atoms with Crippen molar-refractivity contribution < 1.29 is 4.42 Å². The Morgan fingerprint density at radius 3 is 1.80 bits per heavy atom. The minimum atomic E-state index is 0.638. The Hall–Kier alpha value is -6.20. The van der Waals surface area contributed by atoms with E-state index in [1.807, 2.05) is 72.9 Å². The Labute approximate surface area is 258 Å².